The molecule has 4 aliphatic heterocycles. The van der Waals surface area contributed by atoms with E-state index < -0.39 is 0 Å². The summed E-state index contributed by atoms with van der Waals surface area (Å²) in [4.78, 5) is 5.23. The van der Waals surface area contributed by atoms with Crippen LogP contribution >= 0.6 is 0 Å². The Hall–Kier alpha value is -3.82. The molecule has 55 heavy (non-hydrogen) atoms. The lowest BCUT2D eigenvalue weighted by Crippen LogP contribution is -2.46. The van der Waals surface area contributed by atoms with Crippen molar-refractivity contribution in [2.45, 2.75) is 120 Å². The Balaban J connectivity index is 0.000000169. The zero-order chi connectivity index (χ0) is 38.3. The third kappa shape index (κ3) is 9.77. The van der Waals surface area contributed by atoms with E-state index in [0.29, 0.717) is 24.2 Å². The van der Waals surface area contributed by atoms with Crippen molar-refractivity contribution in [1.82, 2.24) is 9.80 Å². The molecule has 4 bridgehead atoms. The zero-order valence-corrected chi connectivity index (χ0v) is 31.8. The lowest BCUT2D eigenvalue weighted by molar-refractivity contribution is -0.0483. The molecule has 8 heteroatoms. The van der Waals surface area contributed by atoms with Crippen LogP contribution in [0.4, 0.5) is 17.6 Å². The summed E-state index contributed by atoms with van der Waals surface area (Å²) in [6, 6.07) is 28.1. The van der Waals surface area contributed by atoms with E-state index in [9.17, 15) is 17.6 Å². The Bertz CT molecular complexity index is 1680. The third-order valence-corrected chi connectivity index (χ3v) is 12.1. The molecule has 0 saturated carbocycles. The molecule has 4 fully saturated rings. The van der Waals surface area contributed by atoms with Crippen LogP contribution in [0.3, 0.4) is 0 Å². The maximum absolute atomic E-state index is 13.4. The largest absolute Gasteiger partial charge is 0.365 e. The molecular formula is C47H54F4N2O2. The van der Waals surface area contributed by atoms with Gasteiger partial charge in [0.05, 0.1) is 12.2 Å². The van der Waals surface area contributed by atoms with Gasteiger partial charge in [0.25, 0.3) is 0 Å². The molecule has 0 aromatic heterocycles. The van der Waals surface area contributed by atoms with Gasteiger partial charge in [-0.25, -0.2) is 17.6 Å². The predicted octanol–water partition coefficient (Wildman–Crippen LogP) is 11.1. The lowest BCUT2D eigenvalue weighted by Gasteiger charge is -2.40. The topological polar surface area (TPSA) is 24.9 Å². The van der Waals surface area contributed by atoms with E-state index in [1.165, 1.54) is 93.6 Å². The number of hydrogen-bond acceptors (Lipinski definition) is 4. The summed E-state index contributed by atoms with van der Waals surface area (Å²) in [6.07, 6.45) is 13.1. The van der Waals surface area contributed by atoms with Gasteiger partial charge in [0, 0.05) is 30.7 Å². The Morgan fingerprint density at radius 2 is 0.855 bits per heavy atom. The lowest BCUT2D eigenvalue weighted by atomic mass is 9.97. The minimum absolute atomic E-state index is 0.142. The number of nitrogens with zero attached hydrogens (tertiary/aromatic N) is 2. The monoisotopic (exact) mass is 754 g/mol. The average molecular weight is 755 g/mol. The first-order chi connectivity index (χ1) is 26.8. The van der Waals surface area contributed by atoms with E-state index in [1.807, 2.05) is 6.08 Å². The van der Waals surface area contributed by atoms with Crippen molar-refractivity contribution in [3.05, 3.63) is 155 Å². The van der Waals surface area contributed by atoms with Crippen molar-refractivity contribution in [2.75, 3.05) is 13.1 Å². The summed E-state index contributed by atoms with van der Waals surface area (Å²) in [5.74, 6) is -1.06. The number of piperidine rings is 2. The predicted molar refractivity (Wildman–Crippen MR) is 210 cm³/mol. The van der Waals surface area contributed by atoms with Crippen molar-refractivity contribution in [3.8, 4) is 0 Å². The van der Waals surface area contributed by atoms with Crippen molar-refractivity contribution in [3.63, 3.8) is 0 Å². The first-order valence-electron chi connectivity index (χ1n) is 20.2. The van der Waals surface area contributed by atoms with Crippen LogP contribution in [0.15, 0.2) is 110 Å². The third-order valence-electron chi connectivity index (χ3n) is 12.1. The number of rotatable bonds is 13. The number of fused-ring (bicyclic) bond motifs is 4. The van der Waals surface area contributed by atoms with Crippen molar-refractivity contribution >= 4 is 0 Å². The number of benzene rings is 4. The summed E-state index contributed by atoms with van der Waals surface area (Å²) in [5, 5.41) is 0. The van der Waals surface area contributed by atoms with Gasteiger partial charge in [-0.1, -0.05) is 68.0 Å². The van der Waals surface area contributed by atoms with E-state index >= 15 is 0 Å². The quantitative estimate of drug-likeness (QED) is 0.100. The van der Waals surface area contributed by atoms with Gasteiger partial charge in [-0.15, -0.1) is 6.58 Å². The van der Waals surface area contributed by atoms with Gasteiger partial charge in [-0.2, -0.15) is 0 Å². The minimum Gasteiger partial charge on any atom is -0.365 e. The van der Waals surface area contributed by atoms with Crippen LogP contribution in [0, 0.1) is 23.3 Å². The van der Waals surface area contributed by atoms with Gasteiger partial charge < -0.3 is 9.47 Å². The Morgan fingerprint density at radius 3 is 1.15 bits per heavy atom. The summed E-state index contributed by atoms with van der Waals surface area (Å²) in [7, 11) is 0. The molecule has 0 spiro atoms. The average Bonchev–Trinajstić information content (AvgIpc) is 3.57. The first kappa shape index (κ1) is 39.4. The molecule has 292 valence electrons. The first-order valence-corrected chi connectivity index (χ1v) is 20.2. The maximum Gasteiger partial charge on any atom is 0.123 e. The number of unbranched alkanes of at least 4 members (excludes halogenated alkanes) is 1. The summed E-state index contributed by atoms with van der Waals surface area (Å²) < 4.78 is 66.8. The fourth-order valence-electron chi connectivity index (χ4n) is 9.46. The van der Waals surface area contributed by atoms with Crippen LogP contribution in [0.1, 0.15) is 106 Å². The molecule has 0 amide bonds. The van der Waals surface area contributed by atoms with E-state index in [0.717, 1.165) is 54.5 Å². The van der Waals surface area contributed by atoms with Crippen LogP contribution in [0.2, 0.25) is 0 Å². The van der Waals surface area contributed by atoms with Crippen molar-refractivity contribution in [2.24, 2.45) is 0 Å². The highest BCUT2D eigenvalue weighted by Crippen LogP contribution is 2.41. The zero-order valence-electron chi connectivity index (χ0n) is 31.8. The molecule has 0 radical (unpaired) electrons. The Morgan fingerprint density at radius 1 is 0.545 bits per heavy atom. The molecule has 4 aromatic rings. The summed E-state index contributed by atoms with van der Waals surface area (Å²) in [6.45, 7) is 8.25. The van der Waals surface area contributed by atoms with Crippen LogP contribution < -0.4 is 0 Å². The normalized spacial score (nSPS) is 24.9. The SMILES string of the molecule is C=CCN1C2CCC1CC(OC(c1ccc(F)cc1)c1ccc(F)cc1)C2.CCCCN1C2CCC1CC(OC(c1ccc(F)cc1)c1ccc(F)cc1)C2. The van der Waals surface area contributed by atoms with Crippen molar-refractivity contribution < 1.29 is 27.0 Å². The molecule has 4 heterocycles. The Kier molecular flexibility index (Phi) is 13.2. The highest BCUT2D eigenvalue weighted by atomic mass is 19.1. The Labute approximate surface area is 324 Å². The molecule has 0 N–H and O–H groups in total. The fourth-order valence-corrected chi connectivity index (χ4v) is 9.46. The van der Waals surface area contributed by atoms with E-state index in [-0.39, 0.29) is 47.7 Å². The van der Waals surface area contributed by atoms with Crippen LogP contribution in [0.25, 0.3) is 0 Å². The second kappa shape index (κ2) is 18.4. The molecule has 4 unspecified atom stereocenters. The molecule has 4 saturated heterocycles. The number of ether oxygens (including phenoxy) is 2. The van der Waals surface area contributed by atoms with Gasteiger partial charge >= 0.3 is 0 Å². The fraction of sp³-hybridized carbons (Fsp3) is 0.447. The summed E-state index contributed by atoms with van der Waals surface area (Å²) >= 11 is 0. The highest BCUT2D eigenvalue weighted by molar-refractivity contribution is 5.32. The molecule has 4 nitrogen and oxygen atoms in total. The van der Waals surface area contributed by atoms with Crippen LogP contribution in [-0.2, 0) is 9.47 Å². The number of halogens is 4. The number of hydrogen-bond donors (Lipinski definition) is 0. The molecule has 4 aromatic carbocycles. The van der Waals surface area contributed by atoms with E-state index in [2.05, 4.69) is 23.3 Å². The molecule has 0 aliphatic carbocycles. The van der Waals surface area contributed by atoms with Crippen molar-refractivity contribution in [1.29, 1.82) is 0 Å². The van der Waals surface area contributed by atoms with Crippen LogP contribution in [-0.4, -0.2) is 59.3 Å². The second-order valence-corrected chi connectivity index (χ2v) is 15.8. The van der Waals surface area contributed by atoms with Gasteiger partial charge in [-0.3, -0.25) is 9.80 Å². The van der Waals surface area contributed by atoms with E-state index in [4.69, 9.17) is 9.47 Å². The van der Waals surface area contributed by atoms with Gasteiger partial charge in [-0.05, 0) is 135 Å². The molecular weight excluding hydrogens is 701 g/mol. The maximum atomic E-state index is 13.4. The minimum atomic E-state index is -0.318. The van der Waals surface area contributed by atoms with Gasteiger partial charge in [0.2, 0.25) is 0 Å². The molecule has 8 rings (SSSR count). The molecule has 4 aliphatic rings. The van der Waals surface area contributed by atoms with Crippen LogP contribution in [0.5, 0.6) is 0 Å². The van der Waals surface area contributed by atoms with Gasteiger partial charge in [0.15, 0.2) is 0 Å². The highest BCUT2D eigenvalue weighted by Gasteiger charge is 2.42. The standard InChI is InChI=1S/C24H29F2NO.C23H25F2NO/c1-2-3-14-27-21-12-13-22(27)16-23(15-21)28-24(17-4-8-19(25)9-5-17)18-6-10-20(26)11-7-18;1-2-13-26-20-11-12-21(26)15-22(14-20)27-23(16-3-7-18(24)8-4-16)17-5-9-19(25)10-6-17/h4-11,21-24H,2-3,12-16H2,1H3;2-10,20-23H,1,11-15H2. The van der Waals surface area contributed by atoms with E-state index in [1.54, 1.807) is 48.5 Å². The second-order valence-electron chi connectivity index (χ2n) is 15.8. The smallest absolute Gasteiger partial charge is 0.123 e. The summed E-state index contributed by atoms with van der Waals surface area (Å²) in [5.41, 5.74) is 3.61. The van der Waals surface area contributed by atoms with Gasteiger partial charge in [0.1, 0.15) is 35.5 Å². The molecule has 4 atom stereocenters.